The van der Waals surface area contributed by atoms with Crippen molar-refractivity contribution in [1.29, 1.82) is 0 Å². The summed E-state index contributed by atoms with van der Waals surface area (Å²) < 4.78 is 2.13. The first-order chi connectivity index (χ1) is 9.17. The summed E-state index contributed by atoms with van der Waals surface area (Å²) >= 11 is 0. The van der Waals surface area contributed by atoms with E-state index in [1.165, 1.54) is 16.9 Å². The molecule has 0 saturated heterocycles. The molecule has 19 heavy (non-hydrogen) atoms. The molecule has 0 aliphatic rings. The first kappa shape index (κ1) is 13.8. The molecule has 0 radical (unpaired) electrons. The molecule has 0 spiro atoms. The smallest absolute Gasteiger partial charge is 0.0997 e. The van der Waals surface area contributed by atoms with Gasteiger partial charge in [-0.1, -0.05) is 26.0 Å². The minimum Gasteiger partial charge on any atom is -0.310 e. The van der Waals surface area contributed by atoms with Gasteiger partial charge in [-0.25, -0.2) is 4.98 Å². The molecule has 2 aromatic rings. The Morgan fingerprint density at radius 2 is 1.84 bits per heavy atom. The van der Waals surface area contributed by atoms with Crippen LogP contribution in [-0.4, -0.2) is 16.1 Å². The van der Waals surface area contributed by atoms with Crippen molar-refractivity contribution in [2.24, 2.45) is 0 Å². The van der Waals surface area contributed by atoms with Crippen molar-refractivity contribution in [2.45, 2.75) is 40.2 Å². The third kappa shape index (κ3) is 2.87. The maximum absolute atomic E-state index is 4.35. The second-order valence-electron chi connectivity index (χ2n) is 4.90. The average Bonchev–Trinajstić information content (AvgIpc) is 2.77. The van der Waals surface area contributed by atoms with Gasteiger partial charge in [-0.3, -0.25) is 0 Å². The number of hydrogen-bond donors (Lipinski definition) is 1. The Morgan fingerprint density at radius 3 is 2.32 bits per heavy atom. The molecule has 3 heteroatoms. The van der Waals surface area contributed by atoms with E-state index in [0.29, 0.717) is 6.04 Å². The topological polar surface area (TPSA) is 29.9 Å². The van der Waals surface area contributed by atoms with Crippen LogP contribution in [0.4, 0.5) is 0 Å². The van der Waals surface area contributed by atoms with Crippen LogP contribution < -0.4 is 5.32 Å². The molecule has 1 heterocycles. The highest BCUT2D eigenvalue weighted by Gasteiger charge is 2.08. The van der Waals surface area contributed by atoms with Crippen LogP contribution in [0.3, 0.4) is 0 Å². The molecule has 102 valence electrons. The number of aryl methyl sites for hydroxylation is 1. The third-order valence-electron chi connectivity index (χ3n) is 3.68. The molecule has 1 aromatic carbocycles. The molecule has 0 fully saturated rings. The Kier molecular flexibility index (Phi) is 4.38. The van der Waals surface area contributed by atoms with Crippen LogP contribution in [-0.2, 0) is 0 Å². The number of nitrogens with zero attached hydrogens (tertiary/aromatic N) is 2. The third-order valence-corrected chi connectivity index (χ3v) is 3.68. The van der Waals surface area contributed by atoms with Crippen molar-refractivity contribution in [3.63, 3.8) is 0 Å². The molecule has 0 bridgehead atoms. The number of rotatable bonds is 5. The van der Waals surface area contributed by atoms with Crippen molar-refractivity contribution in [1.82, 2.24) is 14.9 Å². The van der Waals surface area contributed by atoms with Gasteiger partial charge in [0, 0.05) is 17.4 Å². The van der Waals surface area contributed by atoms with E-state index in [4.69, 9.17) is 0 Å². The molecule has 3 nitrogen and oxygen atoms in total. The molecule has 1 N–H and O–H groups in total. The first-order valence-electron chi connectivity index (χ1n) is 7.01. The summed E-state index contributed by atoms with van der Waals surface area (Å²) in [4.78, 5) is 4.35. The van der Waals surface area contributed by atoms with Crippen molar-refractivity contribution < 1.29 is 0 Å². The molecule has 1 atom stereocenters. The molecule has 0 aliphatic carbocycles. The Morgan fingerprint density at radius 1 is 1.16 bits per heavy atom. The lowest BCUT2D eigenvalue weighted by molar-refractivity contribution is 0.537. The molecule has 1 aromatic heterocycles. The van der Waals surface area contributed by atoms with Gasteiger partial charge in [0.15, 0.2) is 0 Å². The van der Waals surface area contributed by atoms with Gasteiger partial charge in [-0.15, -0.1) is 0 Å². The minimum atomic E-state index is 0.449. The van der Waals surface area contributed by atoms with Gasteiger partial charge in [0.25, 0.3) is 0 Å². The van der Waals surface area contributed by atoms with Crippen molar-refractivity contribution in [3.05, 3.63) is 47.5 Å². The lowest BCUT2D eigenvalue weighted by atomic mass is 10.0. The first-order valence-corrected chi connectivity index (χ1v) is 7.01. The number of imidazole rings is 1. The van der Waals surface area contributed by atoms with Crippen molar-refractivity contribution in [3.8, 4) is 5.69 Å². The summed E-state index contributed by atoms with van der Waals surface area (Å²) in [6.45, 7) is 9.50. The molecule has 2 rings (SSSR count). The Balaban J connectivity index is 2.25. The zero-order chi connectivity index (χ0) is 13.8. The number of benzene rings is 1. The van der Waals surface area contributed by atoms with Gasteiger partial charge in [-0.05, 0) is 44.5 Å². The maximum atomic E-state index is 4.35. The molecule has 1 unspecified atom stereocenters. The van der Waals surface area contributed by atoms with Crippen LogP contribution in [0.15, 0.2) is 30.6 Å². The number of nitrogens with one attached hydrogen (secondary N) is 1. The Bertz CT molecular complexity index is 525. The fourth-order valence-electron chi connectivity index (χ4n) is 2.37. The lowest BCUT2D eigenvalue weighted by Crippen LogP contribution is -2.19. The van der Waals surface area contributed by atoms with Crippen LogP contribution in [0.5, 0.6) is 0 Å². The molecule has 0 saturated carbocycles. The summed E-state index contributed by atoms with van der Waals surface area (Å²) in [5.41, 5.74) is 4.81. The highest BCUT2D eigenvalue weighted by atomic mass is 15.1. The van der Waals surface area contributed by atoms with Gasteiger partial charge in [0.1, 0.15) is 0 Å². The van der Waals surface area contributed by atoms with Gasteiger partial charge >= 0.3 is 0 Å². The summed E-state index contributed by atoms with van der Waals surface area (Å²) in [6, 6.07) is 9.21. The molecular weight excluding hydrogens is 234 g/mol. The van der Waals surface area contributed by atoms with E-state index in [0.717, 1.165) is 18.7 Å². The number of aromatic nitrogens is 2. The van der Waals surface area contributed by atoms with E-state index in [2.05, 4.69) is 59.9 Å². The highest BCUT2D eigenvalue weighted by molar-refractivity contribution is 5.38. The zero-order valence-corrected chi connectivity index (χ0v) is 12.3. The molecular formula is C16H23N3. The van der Waals surface area contributed by atoms with E-state index < -0.39 is 0 Å². The Labute approximate surface area is 115 Å². The zero-order valence-electron chi connectivity index (χ0n) is 12.3. The fourth-order valence-corrected chi connectivity index (χ4v) is 2.37. The summed E-state index contributed by atoms with van der Waals surface area (Å²) in [5.74, 6) is 0. The maximum Gasteiger partial charge on any atom is 0.0997 e. The molecule has 0 amide bonds. The van der Waals surface area contributed by atoms with E-state index >= 15 is 0 Å². The van der Waals surface area contributed by atoms with Gasteiger partial charge < -0.3 is 9.88 Å². The summed E-state index contributed by atoms with van der Waals surface area (Å²) in [5, 5.41) is 3.50. The van der Waals surface area contributed by atoms with E-state index in [1.807, 2.05) is 13.3 Å². The Hall–Kier alpha value is -1.61. The predicted octanol–water partition coefficient (Wildman–Crippen LogP) is 3.55. The van der Waals surface area contributed by atoms with Gasteiger partial charge in [0.05, 0.1) is 12.0 Å². The lowest BCUT2D eigenvalue weighted by Gasteiger charge is -2.17. The molecule has 0 aliphatic heterocycles. The second kappa shape index (κ2) is 6.02. The van der Waals surface area contributed by atoms with Crippen molar-refractivity contribution in [2.75, 3.05) is 6.54 Å². The summed E-state index contributed by atoms with van der Waals surface area (Å²) in [6.07, 6.45) is 3.00. The van der Waals surface area contributed by atoms with Crippen LogP contribution in [0.1, 0.15) is 43.3 Å². The SMILES string of the molecule is CCNC(CC)c1ccc(-n2cnc(C)c2C)cc1. The van der Waals surface area contributed by atoms with E-state index in [9.17, 15) is 0 Å². The van der Waals surface area contributed by atoms with Gasteiger partial charge in [0.2, 0.25) is 0 Å². The monoisotopic (exact) mass is 257 g/mol. The van der Waals surface area contributed by atoms with Gasteiger partial charge in [-0.2, -0.15) is 0 Å². The van der Waals surface area contributed by atoms with E-state index in [1.54, 1.807) is 0 Å². The van der Waals surface area contributed by atoms with Crippen LogP contribution >= 0.6 is 0 Å². The fraction of sp³-hybridized carbons (Fsp3) is 0.438. The van der Waals surface area contributed by atoms with Crippen molar-refractivity contribution >= 4 is 0 Å². The summed E-state index contributed by atoms with van der Waals surface area (Å²) in [7, 11) is 0. The normalized spacial score (nSPS) is 12.6. The standard InChI is InChI=1S/C16H23N3/c1-5-16(17-6-2)14-7-9-15(10-8-14)19-11-18-12(3)13(19)4/h7-11,16-17H,5-6H2,1-4H3. The number of hydrogen-bond acceptors (Lipinski definition) is 2. The quantitative estimate of drug-likeness (QED) is 0.887. The van der Waals surface area contributed by atoms with Crippen LogP contribution in [0.25, 0.3) is 5.69 Å². The average molecular weight is 257 g/mol. The predicted molar refractivity (Wildman–Crippen MR) is 79.7 cm³/mol. The second-order valence-corrected chi connectivity index (χ2v) is 4.90. The van der Waals surface area contributed by atoms with Crippen LogP contribution in [0.2, 0.25) is 0 Å². The highest BCUT2D eigenvalue weighted by Crippen LogP contribution is 2.20. The largest absolute Gasteiger partial charge is 0.310 e. The van der Waals surface area contributed by atoms with E-state index in [-0.39, 0.29) is 0 Å². The van der Waals surface area contributed by atoms with Crippen LogP contribution in [0, 0.1) is 13.8 Å². The minimum absolute atomic E-state index is 0.449.